The summed E-state index contributed by atoms with van der Waals surface area (Å²) < 4.78 is 6.97. The predicted octanol–water partition coefficient (Wildman–Crippen LogP) is 1.88. The molecule has 0 saturated carbocycles. The van der Waals surface area contributed by atoms with Gasteiger partial charge in [0.1, 0.15) is 0 Å². The zero-order chi connectivity index (χ0) is 11.5. The van der Waals surface area contributed by atoms with E-state index < -0.39 is 0 Å². The van der Waals surface area contributed by atoms with Crippen LogP contribution in [0.3, 0.4) is 0 Å². The summed E-state index contributed by atoms with van der Waals surface area (Å²) in [6.07, 6.45) is 5.36. The van der Waals surface area contributed by atoms with Gasteiger partial charge >= 0.3 is 0 Å². The van der Waals surface area contributed by atoms with E-state index in [2.05, 4.69) is 15.4 Å². The van der Waals surface area contributed by atoms with Crippen molar-refractivity contribution < 1.29 is 4.74 Å². The monoisotopic (exact) mass is 218 g/mol. The number of pyridine rings is 1. The minimum absolute atomic E-state index is 0.717. The molecule has 0 aliphatic heterocycles. The summed E-state index contributed by atoms with van der Waals surface area (Å²) in [5, 5.41) is 7.33. The first-order chi connectivity index (χ1) is 7.69. The molecule has 0 aliphatic rings. The van der Waals surface area contributed by atoms with Gasteiger partial charge in [-0.1, -0.05) is 0 Å². The number of rotatable bonds is 3. The fraction of sp³-hybridized carbons (Fsp3) is 0.273. The molecule has 0 bridgehead atoms. The van der Waals surface area contributed by atoms with Crippen molar-refractivity contribution in [2.45, 2.75) is 6.92 Å². The van der Waals surface area contributed by atoms with Crippen LogP contribution in [0.4, 0.5) is 11.4 Å². The minimum atomic E-state index is 0.717. The molecule has 0 fully saturated rings. The number of ether oxygens (including phenoxy) is 1. The van der Waals surface area contributed by atoms with Gasteiger partial charge in [0.15, 0.2) is 5.75 Å². The summed E-state index contributed by atoms with van der Waals surface area (Å²) in [6, 6.07) is 1.94. The Hall–Kier alpha value is -2.04. The van der Waals surface area contributed by atoms with Crippen LogP contribution in [0.5, 0.6) is 5.75 Å². The van der Waals surface area contributed by atoms with Crippen LogP contribution in [0.2, 0.25) is 0 Å². The van der Waals surface area contributed by atoms with E-state index in [-0.39, 0.29) is 0 Å². The number of aromatic nitrogens is 3. The van der Waals surface area contributed by atoms with Crippen LogP contribution in [-0.4, -0.2) is 21.9 Å². The molecule has 5 nitrogen and oxygen atoms in total. The van der Waals surface area contributed by atoms with E-state index in [4.69, 9.17) is 4.74 Å². The molecule has 5 heteroatoms. The van der Waals surface area contributed by atoms with Crippen molar-refractivity contribution in [1.29, 1.82) is 0 Å². The van der Waals surface area contributed by atoms with Crippen LogP contribution in [0.15, 0.2) is 24.7 Å². The summed E-state index contributed by atoms with van der Waals surface area (Å²) in [4.78, 5) is 4.17. The standard InChI is InChI=1S/C11H14N4O/c1-8-4-10(11(16-3)6-12-8)14-9-5-13-15(2)7-9/h4-7H,1-3H3,(H,12,14). The summed E-state index contributed by atoms with van der Waals surface area (Å²) in [6.45, 7) is 1.94. The smallest absolute Gasteiger partial charge is 0.160 e. The summed E-state index contributed by atoms with van der Waals surface area (Å²) in [5.41, 5.74) is 2.75. The van der Waals surface area contributed by atoms with Gasteiger partial charge in [-0.05, 0) is 13.0 Å². The van der Waals surface area contributed by atoms with Crippen LogP contribution in [0.25, 0.3) is 0 Å². The molecule has 2 aromatic rings. The van der Waals surface area contributed by atoms with Gasteiger partial charge in [0.2, 0.25) is 0 Å². The number of aryl methyl sites for hydroxylation is 2. The third kappa shape index (κ3) is 2.13. The van der Waals surface area contributed by atoms with E-state index in [0.717, 1.165) is 22.8 Å². The number of hydrogen-bond acceptors (Lipinski definition) is 4. The molecule has 0 saturated heterocycles. The Morgan fingerprint density at radius 2 is 2.19 bits per heavy atom. The fourth-order valence-corrected chi connectivity index (χ4v) is 1.45. The average molecular weight is 218 g/mol. The van der Waals surface area contributed by atoms with Crippen molar-refractivity contribution in [3.63, 3.8) is 0 Å². The molecule has 1 N–H and O–H groups in total. The van der Waals surface area contributed by atoms with E-state index in [1.54, 1.807) is 24.2 Å². The SMILES string of the molecule is COc1cnc(C)cc1Nc1cnn(C)c1. The molecule has 16 heavy (non-hydrogen) atoms. The Labute approximate surface area is 94.1 Å². The predicted molar refractivity (Wildman–Crippen MR) is 62.0 cm³/mol. The highest BCUT2D eigenvalue weighted by Gasteiger charge is 2.05. The Kier molecular flexibility index (Phi) is 2.76. The van der Waals surface area contributed by atoms with Crippen molar-refractivity contribution in [3.8, 4) is 5.75 Å². The number of nitrogens with one attached hydrogen (secondary N) is 1. The van der Waals surface area contributed by atoms with Crippen LogP contribution < -0.4 is 10.1 Å². The molecule has 2 heterocycles. The Bertz CT molecular complexity index is 492. The highest BCUT2D eigenvalue weighted by atomic mass is 16.5. The number of methoxy groups -OCH3 is 1. The summed E-state index contributed by atoms with van der Waals surface area (Å²) in [7, 11) is 3.50. The molecule has 0 aliphatic carbocycles. The van der Waals surface area contributed by atoms with Gasteiger partial charge in [-0.3, -0.25) is 9.67 Å². The molecule has 0 spiro atoms. The van der Waals surface area contributed by atoms with Crippen molar-refractivity contribution in [1.82, 2.24) is 14.8 Å². The van der Waals surface area contributed by atoms with E-state index in [1.807, 2.05) is 26.2 Å². The maximum atomic E-state index is 5.23. The van der Waals surface area contributed by atoms with E-state index in [9.17, 15) is 0 Å². The van der Waals surface area contributed by atoms with Gasteiger partial charge < -0.3 is 10.1 Å². The lowest BCUT2D eigenvalue weighted by molar-refractivity contribution is 0.415. The maximum absolute atomic E-state index is 5.23. The molecule has 0 aromatic carbocycles. The van der Waals surface area contributed by atoms with Gasteiger partial charge in [-0.15, -0.1) is 0 Å². The first-order valence-corrected chi connectivity index (χ1v) is 4.95. The van der Waals surface area contributed by atoms with E-state index >= 15 is 0 Å². The molecule has 84 valence electrons. The van der Waals surface area contributed by atoms with Crippen molar-refractivity contribution in [2.24, 2.45) is 7.05 Å². The maximum Gasteiger partial charge on any atom is 0.160 e. The highest BCUT2D eigenvalue weighted by Crippen LogP contribution is 2.26. The largest absolute Gasteiger partial charge is 0.493 e. The molecule has 0 atom stereocenters. The molecule has 0 unspecified atom stereocenters. The first-order valence-electron chi connectivity index (χ1n) is 4.95. The van der Waals surface area contributed by atoms with Crippen molar-refractivity contribution >= 4 is 11.4 Å². The summed E-state index contributed by atoms with van der Waals surface area (Å²) in [5.74, 6) is 0.717. The van der Waals surface area contributed by atoms with Gasteiger partial charge in [0.05, 0.1) is 30.9 Å². The summed E-state index contributed by atoms with van der Waals surface area (Å²) >= 11 is 0. The molecule has 0 amide bonds. The first kappa shape index (κ1) is 10.5. The normalized spacial score (nSPS) is 10.2. The van der Waals surface area contributed by atoms with Gasteiger partial charge in [0.25, 0.3) is 0 Å². The van der Waals surface area contributed by atoms with Crippen LogP contribution in [0, 0.1) is 6.92 Å². The molecule has 2 aromatic heterocycles. The van der Waals surface area contributed by atoms with E-state index in [1.165, 1.54) is 0 Å². The van der Waals surface area contributed by atoms with Crippen LogP contribution >= 0.6 is 0 Å². The Balaban J connectivity index is 2.29. The molecule has 0 radical (unpaired) electrons. The van der Waals surface area contributed by atoms with Crippen molar-refractivity contribution in [3.05, 3.63) is 30.4 Å². The second-order valence-electron chi connectivity index (χ2n) is 3.55. The van der Waals surface area contributed by atoms with Gasteiger partial charge in [-0.2, -0.15) is 5.10 Å². The lowest BCUT2D eigenvalue weighted by atomic mass is 10.3. The van der Waals surface area contributed by atoms with Crippen LogP contribution in [-0.2, 0) is 7.05 Å². The average Bonchev–Trinajstić information content (AvgIpc) is 2.64. The fourth-order valence-electron chi connectivity index (χ4n) is 1.45. The lowest BCUT2D eigenvalue weighted by Crippen LogP contribution is -1.96. The number of hydrogen-bond donors (Lipinski definition) is 1. The zero-order valence-electron chi connectivity index (χ0n) is 9.56. The van der Waals surface area contributed by atoms with Gasteiger partial charge in [-0.25, -0.2) is 0 Å². The minimum Gasteiger partial charge on any atom is -0.493 e. The number of anilines is 2. The third-order valence-corrected chi connectivity index (χ3v) is 2.21. The van der Waals surface area contributed by atoms with Crippen LogP contribution in [0.1, 0.15) is 5.69 Å². The second kappa shape index (κ2) is 4.22. The zero-order valence-corrected chi connectivity index (χ0v) is 9.56. The Morgan fingerprint density at radius 3 is 2.81 bits per heavy atom. The second-order valence-corrected chi connectivity index (χ2v) is 3.55. The molecule has 2 rings (SSSR count). The Morgan fingerprint density at radius 1 is 1.38 bits per heavy atom. The van der Waals surface area contributed by atoms with Crippen molar-refractivity contribution in [2.75, 3.05) is 12.4 Å². The quantitative estimate of drug-likeness (QED) is 0.854. The van der Waals surface area contributed by atoms with E-state index in [0.29, 0.717) is 0 Å². The number of nitrogens with zero attached hydrogens (tertiary/aromatic N) is 3. The molecular formula is C11H14N4O. The van der Waals surface area contributed by atoms with Gasteiger partial charge in [0, 0.05) is 18.9 Å². The molecular weight excluding hydrogens is 204 g/mol. The third-order valence-electron chi connectivity index (χ3n) is 2.21. The highest BCUT2D eigenvalue weighted by molar-refractivity contribution is 5.65. The topological polar surface area (TPSA) is 52.0 Å². The lowest BCUT2D eigenvalue weighted by Gasteiger charge is -2.09.